The molecule has 1 aromatic heterocycles. The van der Waals surface area contributed by atoms with Gasteiger partial charge in [0.05, 0.1) is 0 Å². The fourth-order valence-electron chi connectivity index (χ4n) is 3.62. The van der Waals surface area contributed by atoms with Crippen molar-refractivity contribution in [3.05, 3.63) is 24.3 Å². The van der Waals surface area contributed by atoms with Crippen molar-refractivity contribution in [2.24, 2.45) is 5.92 Å². The Morgan fingerprint density at radius 1 is 1.20 bits per heavy atom. The quantitative estimate of drug-likeness (QED) is 0.912. The third-order valence-electron chi connectivity index (χ3n) is 4.68. The zero-order valence-electron chi connectivity index (χ0n) is 11.7. The van der Waals surface area contributed by atoms with Gasteiger partial charge in [0.1, 0.15) is 5.52 Å². The molecule has 2 unspecified atom stereocenters. The standard InChI is InChI=1S/C16H21N3O/c1-2-8-15-14(6-1)18-16(20-15)19-10-4-5-12(11-19)13-7-3-9-17-13/h1-2,6,8,12-13,17H,3-5,7,9-11H2. The smallest absolute Gasteiger partial charge is 0.298 e. The fourth-order valence-corrected chi connectivity index (χ4v) is 3.62. The van der Waals surface area contributed by atoms with E-state index in [1.165, 1.54) is 32.2 Å². The van der Waals surface area contributed by atoms with Crippen molar-refractivity contribution < 1.29 is 4.42 Å². The monoisotopic (exact) mass is 271 g/mol. The van der Waals surface area contributed by atoms with Crippen LogP contribution in [0.25, 0.3) is 11.1 Å². The summed E-state index contributed by atoms with van der Waals surface area (Å²) in [6.45, 7) is 3.32. The first kappa shape index (κ1) is 12.2. The van der Waals surface area contributed by atoms with Crippen LogP contribution in [0, 0.1) is 5.92 Å². The van der Waals surface area contributed by atoms with Gasteiger partial charge in [-0.2, -0.15) is 4.98 Å². The predicted molar refractivity (Wildman–Crippen MR) is 80.0 cm³/mol. The number of para-hydroxylation sites is 2. The first-order valence-corrected chi connectivity index (χ1v) is 7.74. The van der Waals surface area contributed by atoms with Crippen LogP contribution in [0.3, 0.4) is 0 Å². The number of benzene rings is 1. The van der Waals surface area contributed by atoms with Crippen molar-refractivity contribution in [3.63, 3.8) is 0 Å². The third kappa shape index (κ3) is 2.18. The topological polar surface area (TPSA) is 41.3 Å². The molecule has 0 amide bonds. The number of anilines is 1. The lowest BCUT2D eigenvalue weighted by molar-refractivity contribution is 0.320. The molecule has 2 aliphatic heterocycles. The van der Waals surface area contributed by atoms with Crippen LogP contribution in [0.5, 0.6) is 0 Å². The Kier molecular flexibility index (Phi) is 3.11. The number of aromatic nitrogens is 1. The summed E-state index contributed by atoms with van der Waals surface area (Å²) in [6.07, 6.45) is 5.21. The Bertz CT molecular complexity index is 555. The van der Waals surface area contributed by atoms with Gasteiger partial charge in [0, 0.05) is 19.1 Å². The Morgan fingerprint density at radius 3 is 3.00 bits per heavy atom. The summed E-state index contributed by atoms with van der Waals surface area (Å²) in [6, 6.07) is 9.51. The highest BCUT2D eigenvalue weighted by atomic mass is 16.4. The molecule has 0 radical (unpaired) electrons. The van der Waals surface area contributed by atoms with E-state index in [2.05, 4.69) is 15.2 Å². The Labute approximate surface area is 119 Å². The van der Waals surface area contributed by atoms with Crippen LogP contribution in [0.4, 0.5) is 6.01 Å². The number of nitrogens with zero attached hydrogens (tertiary/aromatic N) is 2. The number of piperidine rings is 1. The maximum atomic E-state index is 5.91. The van der Waals surface area contributed by atoms with E-state index in [0.717, 1.165) is 36.1 Å². The number of fused-ring (bicyclic) bond motifs is 1. The average molecular weight is 271 g/mol. The lowest BCUT2D eigenvalue weighted by atomic mass is 9.90. The van der Waals surface area contributed by atoms with E-state index in [9.17, 15) is 0 Å². The van der Waals surface area contributed by atoms with Crippen molar-refractivity contribution in [2.45, 2.75) is 31.7 Å². The lowest BCUT2D eigenvalue weighted by Crippen LogP contribution is -2.43. The molecule has 1 N–H and O–H groups in total. The van der Waals surface area contributed by atoms with Gasteiger partial charge >= 0.3 is 0 Å². The second-order valence-corrected chi connectivity index (χ2v) is 6.02. The van der Waals surface area contributed by atoms with E-state index in [1.54, 1.807) is 0 Å². The van der Waals surface area contributed by atoms with Crippen LogP contribution < -0.4 is 10.2 Å². The summed E-state index contributed by atoms with van der Waals surface area (Å²) >= 11 is 0. The Hall–Kier alpha value is -1.55. The molecule has 0 spiro atoms. The second-order valence-electron chi connectivity index (χ2n) is 6.02. The van der Waals surface area contributed by atoms with Gasteiger partial charge < -0.3 is 14.6 Å². The third-order valence-corrected chi connectivity index (χ3v) is 4.68. The number of oxazole rings is 1. The van der Waals surface area contributed by atoms with Gasteiger partial charge in [-0.1, -0.05) is 12.1 Å². The molecule has 106 valence electrons. The zero-order valence-corrected chi connectivity index (χ0v) is 11.7. The maximum absolute atomic E-state index is 5.91. The minimum Gasteiger partial charge on any atom is -0.423 e. The van der Waals surface area contributed by atoms with Crippen LogP contribution in [-0.4, -0.2) is 30.7 Å². The molecule has 2 aliphatic rings. The molecule has 2 aromatic rings. The lowest BCUT2D eigenvalue weighted by Gasteiger charge is -2.34. The van der Waals surface area contributed by atoms with Crippen molar-refractivity contribution >= 4 is 17.1 Å². The first-order valence-electron chi connectivity index (χ1n) is 7.74. The SMILES string of the molecule is c1ccc2oc(N3CCCC(C4CCCN4)C3)nc2c1. The molecule has 2 saturated heterocycles. The van der Waals surface area contributed by atoms with Crippen LogP contribution in [-0.2, 0) is 0 Å². The van der Waals surface area contributed by atoms with E-state index >= 15 is 0 Å². The summed E-state index contributed by atoms with van der Waals surface area (Å²) in [5, 5.41) is 3.65. The van der Waals surface area contributed by atoms with Gasteiger partial charge in [-0.05, 0) is 50.3 Å². The van der Waals surface area contributed by atoms with Gasteiger partial charge in [0.25, 0.3) is 6.01 Å². The molecular formula is C16H21N3O. The second kappa shape index (κ2) is 5.09. The van der Waals surface area contributed by atoms with Crippen molar-refractivity contribution in [1.29, 1.82) is 0 Å². The molecule has 1 aromatic carbocycles. The summed E-state index contributed by atoms with van der Waals surface area (Å²) in [7, 11) is 0. The van der Waals surface area contributed by atoms with E-state index in [-0.39, 0.29) is 0 Å². The molecule has 2 fully saturated rings. The molecule has 4 heteroatoms. The van der Waals surface area contributed by atoms with Crippen molar-refractivity contribution in [1.82, 2.24) is 10.3 Å². The van der Waals surface area contributed by atoms with Gasteiger partial charge in [0.2, 0.25) is 0 Å². The predicted octanol–water partition coefficient (Wildman–Crippen LogP) is 2.80. The number of nitrogens with one attached hydrogen (secondary N) is 1. The minimum absolute atomic E-state index is 0.696. The number of rotatable bonds is 2. The molecule has 0 aliphatic carbocycles. The Morgan fingerprint density at radius 2 is 2.15 bits per heavy atom. The van der Waals surface area contributed by atoms with Gasteiger partial charge in [-0.15, -0.1) is 0 Å². The van der Waals surface area contributed by atoms with Gasteiger partial charge in [-0.25, -0.2) is 0 Å². The molecular weight excluding hydrogens is 250 g/mol. The molecule has 20 heavy (non-hydrogen) atoms. The van der Waals surface area contributed by atoms with Gasteiger partial charge in [0.15, 0.2) is 5.58 Å². The van der Waals surface area contributed by atoms with E-state index in [0.29, 0.717) is 6.04 Å². The van der Waals surface area contributed by atoms with Gasteiger partial charge in [-0.3, -0.25) is 0 Å². The van der Waals surface area contributed by atoms with Crippen LogP contribution >= 0.6 is 0 Å². The first-order chi connectivity index (χ1) is 9.90. The largest absolute Gasteiger partial charge is 0.423 e. The molecule has 4 nitrogen and oxygen atoms in total. The molecule has 4 rings (SSSR count). The van der Waals surface area contributed by atoms with Crippen LogP contribution in [0.2, 0.25) is 0 Å². The summed E-state index contributed by atoms with van der Waals surface area (Å²) < 4.78 is 5.91. The van der Waals surface area contributed by atoms with Crippen molar-refractivity contribution in [2.75, 3.05) is 24.5 Å². The average Bonchev–Trinajstić information content (AvgIpc) is 3.16. The summed E-state index contributed by atoms with van der Waals surface area (Å²) in [5.74, 6) is 0.737. The summed E-state index contributed by atoms with van der Waals surface area (Å²) in [5.41, 5.74) is 1.85. The highest BCUT2D eigenvalue weighted by Crippen LogP contribution is 2.29. The highest BCUT2D eigenvalue weighted by molar-refractivity contribution is 5.74. The van der Waals surface area contributed by atoms with Crippen LogP contribution in [0.15, 0.2) is 28.7 Å². The normalized spacial score (nSPS) is 27.3. The maximum Gasteiger partial charge on any atom is 0.298 e. The zero-order chi connectivity index (χ0) is 13.4. The van der Waals surface area contributed by atoms with E-state index in [1.807, 2.05) is 24.3 Å². The summed E-state index contributed by atoms with van der Waals surface area (Å²) in [4.78, 5) is 6.96. The van der Waals surface area contributed by atoms with Crippen molar-refractivity contribution in [3.8, 4) is 0 Å². The minimum atomic E-state index is 0.696. The number of hydrogen-bond donors (Lipinski definition) is 1. The highest BCUT2D eigenvalue weighted by Gasteiger charge is 2.30. The fraction of sp³-hybridized carbons (Fsp3) is 0.562. The molecule has 0 saturated carbocycles. The van der Waals surface area contributed by atoms with E-state index < -0.39 is 0 Å². The molecule has 0 bridgehead atoms. The van der Waals surface area contributed by atoms with E-state index in [4.69, 9.17) is 4.42 Å². The number of hydrogen-bond acceptors (Lipinski definition) is 4. The van der Waals surface area contributed by atoms with Crippen LogP contribution in [0.1, 0.15) is 25.7 Å². The Balaban J connectivity index is 1.54. The molecule has 3 heterocycles. The molecule has 2 atom stereocenters.